The summed E-state index contributed by atoms with van der Waals surface area (Å²) < 4.78 is 0. The lowest BCUT2D eigenvalue weighted by Gasteiger charge is -2.23. The van der Waals surface area contributed by atoms with Crippen LogP contribution >= 0.6 is 0 Å². The fourth-order valence-electron chi connectivity index (χ4n) is 2.12. The Balaban J connectivity index is 1.73. The minimum Gasteiger partial charge on any atom is -0.351 e. The van der Waals surface area contributed by atoms with Gasteiger partial charge < -0.3 is 10.6 Å². The van der Waals surface area contributed by atoms with Gasteiger partial charge in [0, 0.05) is 18.7 Å². The minimum absolute atomic E-state index is 0.0220. The van der Waals surface area contributed by atoms with Crippen molar-refractivity contribution in [3.05, 3.63) is 42.0 Å². The molecule has 3 nitrogen and oxygen atoms in total. The van der Waals surface area contributed by atoms with Crippen molar-refractivity contribution in [3.63, 3.8) is 0 Å². The molecule has 18 heavy (non-hydrogen) atoms. The molecule has 0 aliphatic carbocycles. The first-order valence-corrected chi connectivity index (χ1v) is 6.59. The molecular formula is C15H20N2O. The molecule has 1 unspecified atom stereocenters. The predicted octanol–water partition coefficient (Wildman–Crippen LogP) is 1.96. The largest absolute Gasteiger partial charge is 0.351 e. The fraction of sp³-hybridized carbons (Fsp3) is 0.400. The predicted molar refractivity (Wildman–Crippen MR) is 74.1 cm³/mol. The molecule has 1 aliphatic rings. The average Bonchev–Trinajstić information content (AvgIpc) is 2.45. The molecule has 0 spiro atoms. The number of amides is 1. The summed E-state index contributed by atoms with van der Waals surface area (Å²) in [5, 5.41) is 6.34. The van der Waals surface area contributed by atoms with E-state index in [0.29, 0.717) is 6.04 Å². The van der Waals surface area contributed by atoms with E-state index in [2.05, 4.69) is 10.6 Å². The number of carbonyl (C=O) groups excluding carboxylic acids is 1. The molecule has 1 amide bonds. The number of hydrogen-bond acceptors (Lipinski definition) is 2. The van der Waals surface area contributed by atoms with E-state index in [4.69, 9.17) is 0 Å². The molecule has 0 radical (unpaired) electrons. The van der Waals surface area contributed by atoms with Crippen LogP contribution in [-0.4, -0.2) is 25.0 Å². The van der Waals surface area contributed by atoms with Crippen LogP contribution in [0.25, 0.3) is 6.08 Å². The smallest absolute Gasteiger partial charge is 0.244 e. The van der Waals surface area contributed by atoms with Crippen molar-refractivity contribution in [1.82, 2.24) is 10.6 Å². The summed E-state index contributed by atoms with van der Waals surface area (Å²) in [4.78, 5) is 11.6. The SMILES string of the molecule is O=C(C=Cc1ccccc1)NCC1CCCCN1. The number of hydrogen-bond donors (Lipinski definition) is 2. The molecule has 1 atom stereocenters. The Labute approximate surface area is 108 Å². The van der Waals surface area contributed by atoms with Gasteiger partial charge in [-0.25, -0.2) is 0 Å². The van der Waals surface area contributed by atoms with E-state index in [1.165, 1.54) is 12.8 Å². The van der Waals surface area contributed by atoms with E-state index >= 15 is 0 Å². The van der Waals surface area contributed by atoms with Gasteiger partial charge in [-0.1, -0.05) is 36.8 Å². The van der Waals surface area contributed by atoms with Crippen molar-refractivity contribution in [2.24, 2.45) is 0 Å². The van der Waals surface area contributed by atoms with Crippen molar-refractivity contribution in [2.75, 3.05) is 13.1 Å². The first-order valence-electron chi connectivity index (χ1n) is 6.59. The summed E-state index contributed by atoms with van der Waals surface area (Å²) >= 11 is 0. The van der Waals surface area contributed by atoms with Gasteiger partial charge in [0.05, 0.1) is 0 Å². The van der Waals surface area contributed by atoms with Gasteiger partial charge in [-0.15, -0.1) is 0 Å². The summed E-state index contributed by atoms with van der Waals surface area (Å²) in [5.41, 5.74) is 1.04. The summed E-state index contributed by atoms with van der Waals surface area (Å²) in [7, 11) is 0. The number of benzene rings is 1. The standard InChI is InChI=1S/C15H20N2O/c18-15(10-9-13-6-2-1-3-7-13)17-12-14-8-4-5-11-16-14/h1-3,6-7,9-10,14,16H,4-5,8,11-12H2,(H,17,18). The third kappa shape index (κ3) is 4.34. The lowest BCUT2D eigenvalue weighted by Crippen LogP contribution is -2.43. The molecule has 1 aromatic rings. The number of rotatable bonds is 4. The highest BCUT2D eigenvalue weighted by Crippen LogP contribution is 2.05. The Morgan fingerprint density at radius 1 is 1.33 bits per heavy atom. The second-order valence-corrected chi connectivity index (χ2v) is 4.64. The maximum absolute atomic E-state index is 11.6. The molecule has 1 aliphatic heterocycles. The lowest BCUT2D eigenvalue weighted by molar-refractivity contribution is -0.116. The van der Waals surface area contributed by atoms with Gasteiger partial charge in [0.25, 0.3) is 0 Å². The summed E-state index contributed by atoms with van der Waals surface area (Å²) in [5.74, 6) is -0.0220. The van der Waals surface area contributed by atoms with E-state index in [1.807, 2.05) is 36.4 Å². The normalized spacial score (nSPS) is 19.9. The van der Waals surface area contributed by atoms with E-state index in [9.17, 15) is 4.79 Å². The van der Waals surface area contributed by atoms with Crippen LogP contribution in [-0.2, 0) is 4.79 Å². The van der Waals surface area contributed by atoms with E-state index < -0.39 is 0 Å². The second kappa shape index (κ2) is 6.97. The quantitative estimate of drug-likeness (QED) is 0.795. The van der Waals surface area contributed by atoms with Crippen molar-refractivity contribution in [2.45, 2.75) is 25.3 Å². The van der Waals surface area contributed by atoms with Crippen LogP contribution in [0.4, 0.5) is 0 Å². The van der Waals surface area contributed by atoms with Crippen LogP contribution in [0, 0.1) is 0 Å². The van der Waals surface area contributed by atoms with Crippen LogP contribution in [0.5, 0.6) is 0 Å². The third-order valence-corrected chi connectivity index (χ3v) is 3.16. The van der Waals surface area contributed by atoms with Crippen molar-refractivity contribution in [3.8, 4) is 0 Å². The molecular weight excluding hydrogens is 224 g/mol. The molecule has 96 valence electrons. The van der Waals surface area contributed by atoms with Gasteiger partial charge in [-0.2, -0.15) is 0 Å². The number of carbonyl (C=O) groups is 1. The minimum atomic E-state index is -0.0220. The molecule has 0 saturated carbocycles. The molecule has 2 rings (SSSR count). The van der Waals surface area contributed by atoms with E-state index in [1.54, 1.807) is 6.08 Å². The summed E-state index contributed by atoms with van der Waals surface area (Å²) in [6, 6.07) is 10.3. The average molecular weight is 244 g/mol. The lowest BCUT2D eigenvalue weighted by atomic mass is 10.1. The van der Waals surface area contributed by atoms with Gasteiger partial charge >= 0.3 is 0 Å². The van der Waals surface area contributed by atoms with Crippen LogP contribution in [0.3, 0.4) is 0 Å². The van der Waals surface area contributed by atoms with Crippen LogP contribution in [0.15, 0.2) is 36.4 Å². The zero-order valence-corrected chi connectivity index (χ0v) is 10.6. The third-order valence-electron chi connectivity index (χ3n) is 3.16. The molecule has 0 aromatic heterocycles. The highest BCUT2D eigenvalue weighted by Gasteiger charge is 2.12. The Morgan fingerprint density at radius 3 is 2.89 bits per heavy atom. The van der Waals surface area contributed by atoms with Crippen LogP contribution < -0.4 is 10.6 Å². The van der Waals surface area contributed by atoms with Gasteiger partial charge in [0.1, 0.15) is 0 Å². The first-order chi connectivity index (χ1) is 8.84. The number of nitrogens with one attached hydrogen (secondary N) is 2. The maximum atomic E-state index is 11.6. The molecule has 1 fully saturated rings. The summed E-state index contributed by atoms with van der Waals surface area (Å²) in [6.45, 7) is 1.79. The highest BCUT2D eigenvalue weighted by atomic mass is 16.1. The Kier molecular flexibility index (Phi) is 4.97. The monoisotopic (exact) mass is 244 g/mol. The molecule has 1 saturated heterocycles. The topological polar surface area (TPSA) is 41.1 Å². The zero-order valence-electron chi connectivity index (χ0n) is 10.6. The fourth-order valence-corrected chi connectivity index (χ4v) is 2.12. The van der Waals surface area contributed by atoms with Crippen molar-refractivity contribution in [1.29, 1.82) is 0 Å². The van der Waals surface area contributed by atoms with Gasteiger partial charge in [0.2, 0.25) is 5.91 Å². The van der Waals surface area contributed by atoms with Crippen molar-refractivity contribution >= 4 is 12.0 Å². The van der Waals surface area contributed by atoms with Gasteiger partial charge in [-0.3, -0.25) is 4.79 Å². The van der Waals surface area contributed by atoms with Crippen LogP contribution in [0.2, 0.25) is 0 Å². The zero-order chi connectivity index (χ0) is 12.6. The molecule has 0 bridgehead atoms. The van der Waals surface area contributed by atoms with Gasteiger partial charge in [-0.05, 0) is 31.0 Å². The van der Waals surface area contributed by atoms with Crippen molar-refractivity contribution < 1.29 is 4.79 Å². The second-order valence-electron chi connectivity index (χ2n) is 4.64. The summed E-state index contributed by atoms with van der Waals surface area (Å²) in [6.07, 6.45) is 7.09. The molecule has 3 heteroatoms. The maximum Gasteiger partial charge on any atom is 0.244 e. The molecule has 1 aromatic carbocycles. The first kappa shape index (κ1) is 12.8. The Bertz CT molecular complexity index is 394. The van der Waals surface area contributed by atoms with E-state index in [-0.39, 0.29) is 5.91 Å². The molecule has 2 N–H and O–H groups in total. The highest BCUT2D eigenvalue weighted by molar-refractivity contribution is 5.91. The number of piperidine rings is 1. The Morgan fingerprint density at radius 2 is 2.17 bits per heavy atom. The molecule has 1 heterocycles. The van der Waals surface area contributed by atoms with Gasteiger partial charge in [0.15, 0.2) is 0 Å². The Hall–Kier alpha value is -1.61. The van der Waals surface area contributed by atoms with Crippen LogP contribution in [0.1, 0.15) is 24.8 Å². The van der Waals surface area contributed by atoms with E-state index in [0.717, 1.165) is 25.1 Å².